The van der Waals surface area contributed by atoms with Crippen LogP contribution in [-0.2, 0) is 0 Å². The maximum absolute atomic E-state index is 9.34. The zero-order valence-corrected chi connectivity index (χ0v) is 21.1. The first-order valence-corrected chi connectivity index (χ1v) is 12.4. The molecule has 0 spiro atoms. The molecular formula is C30H30N6. The second-order valence-electron chi connectivity index (χ2n) is 9.69. The molecule has 0 aliphatic carbocycles. The number of imidazole rings is 1. The second kappa shape index (κ2) is 9.95. The molecule has 2 aromatic carbocycles. The summed E-state index contributed by atoms with van der Waals surface area (Å²) in [5.41, 5.74) is 8.52. The van der Waals surface area contributed by atoms with E-state index in [9.17, 15) is 10.5 Å². The zero-order chi connectivity index (χ0) is 25.2. The van der Waals surface area contributed by atoms with Gasteiger partial charge in [-0.3, -0.25) is 4.90 Å². The highest BCUT2D eigenvalue weighted by Gasteiger charge is 2.26. The van der Waals surface area contributed by atoms with Gasteiger partial charge in [-0.15, -0.1) is 0 Å². The Morgan fingerprint density at radius 1 is 0.861 bits per heavy atom. The third kappa shape index (κ3) is 4.50. The van der Waals surface area contributed by atoms with Crippen molar-refractivity contribution in [3.8, 4) is 34.5 Å². The number of nitriles is 2. The van der Waals surface area contributed by atoms with Gasteiger partial charge in [-0.2, -0.15) is 10.5 Å². The minimum Gasteiger partial charge on any atom is -0.305 e. The molecule has 6 heteroatoms. The summed E-state index contributed by atoms with van der Waals surface area (Å²) >= 11 is 0. The fraction of sp³-hybridized carbons (Fsp3) is 0.300. The van der Waals surface area contributed by atoms with Crippen LogP contribution in [0, 0.1) is 29.6 Å². The summed E-state index contributed by atoms with van der Waals surface area (Å²) in [6.07, 6.45) is 3.31. The molecule has 0 bridgehead atoms. The van der Waals surface area contributed by atoms with Crippen LogP contribution in [0.4, 0.5) is 0 Å². The molecule has 1 fully saturated rings. The van der Waals surface area contributed by atoms with E-state index >= 15 is 0 Å². The van der Waals surface area contributed by atoms with Gasteiger partial charge in [0.25, 0.3) is 0 Å². The number of benzene rings is 2. The molecule has 1 unspecified atom stereocenters. The number of pyridine rings is 1. The van der Waals surface area contributed by atoms with E-state index in [4.69, 9.17) is 4.98 Å². The van der Waals surface area contributed by atoms with E-state index in [1.807, 2.05) is 43.3 Å². The smallest absolute Gasteiger partial charge is 0.137 e. The van der Waals surface area contributed by atoms with Crippen LogP contribution in [0.3, 0.4) is 0 Å². The van der Waals surface area contributed by atoms with Crippen molar-refractivity contribution in [1.82, 2.24) is 19.2 Å². The Morgan fingerprint density at radius 3 is 2.33 bits per heavy atom. The minimum absolute atomic E-state index is 0.162. The van der Waals surface area contributed by atoms with Crippen molar-refractivity contribution in [2.75, 3.05) is 33.2 Å². The van der Waals surface area contributed by atoms with Gasteiger partial charge in [-0.05, 0) is 80.9 Å². The minimum atomic E-state index is 0.162. The zero-order valence-electron chi connectivity index (χ0n) is 21.1. The van der Waals surface area contributed by atoms with Gasteiger partial charge in [0.1, 0.15) is 5.65 Å². The molecule has 5 rings (SSSR count). The van der Waals surface area contributed by atoms with Crippen LogP contribution in [0.2, 0.25) is 0 Å². The maximum Gasteiger partial charge on any atom is 0.137 e. The third-order valence-electron chi connectivity index (χ3n) is 7.32. The first kappa shape index (κ1) is 23.8. The van der Waals surface area contributed by atoms with Crippen LogP contribution in [0.5, 0.6) is 0 Å². The SMILES string of the molecule is Cc1cc(-c2ccc3nc(-c4ccc(C#N)cc4)c(C(C)N4CCCN(C)CC4)n3c2)ccc1C#N. The largest absolute Gasteiger partial charge is 0.305 e. The summed E-state index contributed by atoms with van der Waals surface area (Å²) < 4.78 is 2.23. The van der Waals surface area contributed by atoms with Crippen LogP contribution in [0.1, 0.15) is 41.8 Å². The number of aromatic nitrogens is 2. The molecule has 0 N–H and O–H groups in total. The Hall–Kier alpha value is -3.97. The highest BCUT2D eigenvalue weighted by Crippen LogP contribution is 2.34. The van der Waals surface area contributed by atoms with Crippen molar-refractivity contribution >= 4 is 5.65 Å². The molecule has 3 heterocycles. The van der Waals surface area contributed by atoms with Crippen molar-refractivity contribution in [3.05, 3.63) is 83.2 Å². The fourth-order valence-corrected chi connectivity index (χ4v) is 5.14. The summed E-state index contributed by atoms with van der Waals surface area (Å²) in [7, 11) is 2.19. The van der Waals surface area contributed by atoms with Gasteiger partial charge >= 0.3 is 0 Å². The number of hydrogen-bond acceptors (Lipinski definition) is 5. The van der Waals surface area contributed by atoms with Crippen molar-refractivity contribution < 1.29 is 0 Å². The Morgan fingerprint density at radius 2 is 1.61 bits per heavy atom. The number of likely N-dealkylation sites (N-methyl/N-ethyl adjacent to an activating group) is 1. The average molecular weight is 475 g/mol. The number of rotatable bonds is 4. The van der Waals surface area contributed by atoms with Gasteiger partial charge in [-0.25, -0.2) is 4.98 Å². The molecule has 4 aromatic rings. The lowest BCUT2D eigenvalue weighted by atomic mass is 10.0. The molecule has 36 heavy (non-hydrogen) atoms. The topological polar surface area (TPSA) is 71.4 Å². The second-order valence-corrected chi connectivity index (χ2v) is 9.69. The quantitative estimate of drug-likeness (QED) is 0.395. The first-order valence-electron chi connectivity index (χ1n) is 12.4. The van der Waals surface area contributed by atoms with Crippen molar-refractivity contribution in [3.63, 3.8) is 0 Å². The average Bonchev–Trinajstić information content (AvgIpc) is 3.14. The fourth-order valence-electron chi connectivity index (χ4n) is 5.14. The predicted octanol–water partition coefficient (Wildman–Crippen LogP) is 5.42. The number of hydrogen-bond donors (Lipinski definition) is 0. The molecule has 0 saturated carbocycles. The maximum atomic E-state index is 9.34. The number of nitrogens with zero attached hydrogens (tertiary/aromatic N) is 6. The highest BCUT2D eigenvalue weighted by atomic mass is 15.2. The van der Waals surface area contributed by atoms with Crippen molar-refractivity contribution in [1.29, 1.82) is 10.5 Å². The molecule has 1 atom stereocenters. The van der Waals surface area contributed by atoms with Crippen molar-refractivity contribution in [2.24, 2.45) is 0 Å². The van der Waals surface area contributed by atoms with Gasteiger partial charge in [0.15, 0.2) is 0 Å². The molecule has 1 aliphatic rings. The molecule has 2 aromatic heterocycles. The Balaban J connectivity index is 1.65. The molecule has 6 nitrogen and oxygen atoms in total. The Kier molecular flexibility index (Phi) is 6.57. The molecule has 1 aliphatic heterocycles. The normalized spacial score (nSPS) is 15.8. The summed E-state index contributed by atoms with van der Waals surface area (Å²) in [6, 6.07) is 22.5. The van der Waals surface area contributed by atoms with E-state index in [1.165, 1.54) is 0 Å². The number of fused-ring (bicyclic) bond motifs is 1. The van der Waals surface area contributed by atoms with E-state index < -0.39 is 0 Å². The van der Waals surface area contributed by atoms with E-state index in [-0.39, 0.29) is 6.04 Å². The van der Waals surface area contributed by atoms with Gasteiger partial charge in [-0.1, -0.05) is 24.3 Å². The van der Waals surface area contributed by atoms with Crippen LogP contribution < -0.4 is 0 Å². The lowest BCUT2D eigenvalue weighted by molar-refractivity contribution is 0.213. The van der Waals surface area contributed by atoms with Crippen LogP contribution in [0.15, 0.2) is 60.8 Å². The van der Waals surface area contributed by atoms with Crippen LogP contribution >= 0.6 is 0 Å². The predicted molar refractivity (Wildman–Crippen MR) is 142 cm³/mol. The van der Waals surface area contributed by atoms with E-state index in [0.29, 0.717) is 11.1 Å². The summed E-state index contributed by atoms with van der Waals surface area (Å²) in [5.74, 6) is 0. The van der Waals surface area contributed by atoms with Gasteiger partial charge in [0.05, 0.1) is 34.7 Å². The molecule has 0 radical (unpaired) electrons. The van der Waals surface area contributed by atoms with E-state index in [2.05, 4.69) is 64.7 Å². The Labute approximate surface area is 212 Å². The molecule has 0 amide bonds. The van der Waals surface area contributed by atoms with Crippen LogP contribution in [-0.4, -0.2) is 52.4 Å². The monoisotopic (exact) mass is 474 g/mol. The van der Waals surface area contributed by atoms with E-state index in [1.54, 1.807) is 0 Å². The molecule has 1 saturated heterocycles. The highest BCUT2D eigenvalue weighted by molar-refractivity contribution is 5.71. The van der Waals surface area contributed by atoms with Crippen LogP contribution in [0.25, 0.3) is 28.0 Å². The standard InChI is InChI=1S/C30H30N6/c1-21-17-25(9-10-26(21)19-32)27-11-12-28-33-29(24-7-5-23(18-31)6-8-24)30(36(28)20-27)22(2)35-14-4-13-34(3)15-16-35/h5-12,17,20,22H,4,13-16H2,1-3H3. The van der Waals surface area contributed by atoms with Crippen molar-refractivity contribution in [2.45, 2.75) is 26.3 Å². The van der Waals surface area contributed by atoms with Gasteiger partial charge in [0.2, 0.25) is 0 Å². The number of aryl methyl sites for hydroxylation is 1. The van der Waals surface area contributed by atoms with Gasteiger partial charge in [0, 0.05) is 37.4 Å². The summed E-state index contributed by atoms with van der Waals surface area (Å²) in [5, 5.41) is 18.6. The lowest BCUT2D eigenvalue weighted by Gasteiger charge is -2.28. The molecular weight excluding hydrogens is 444 g/mol. The lowest BCUT2D eigenvalue weighted by Crippen LogP contribution is -2.32. The van der Waals surface area contributed by atoms with E-state index in [0.717, 1.165) is 71.9 Å². The Bertz CT molecular complexity index is 1490. The molecule has 180 valence electrons. The van der Waals surface area contributed by atoms with Gasteiger partial charge < -0.3 is 9.30 Å². The summed E-state index contributed by atoms with van der Waals surface area (Å²) in [6.45, 7) is 8.46. The first-order chi connectivity index (χ1) is 17.5. The third-order valence-corrected chi connectivity index (χ3v) is 7.32. The summed E-state index contributed by atoms with van der Waals surface area (Å²) in [4.78, 5) is 10.0.